The Balaban J connectivity index is 2.03. The molecule has 116 valence electrons. The number of nitrogens with zero attached hydrogens (tertiary/aromatic N) is 1. The van der Waals surface area contributed by atoms with Gasteiger partial charge in [-0.25, -0.2) is 4.79 Å². The Morgan fingerprint density at radius 3 is 2.68 bits per heavy atom. The van der Waals surface area contributed by atoms with E-state index in [2.05, 4.69) is 15.6 Å². The molecule has 1 heterocycles. The Labute approximate surface area is 130 Å². The van der Waals surface area contributed by atoms with Crippen LogP contribution in [0.25, 0.3) is 0 Å². The van der Waals surface area contributed by atoms with Crippen molar-refractivity contribution in [2.24, 2.45) is 0 Å². The molecule has 1 aromatic heterocycles. The molecule has 2 rings (SSSR count). The molecule has 0 aliphatic heterocycles. The summed E-state index contributed by atoms with van der Waals surface area (Å²) in [6.07, 6.45) is 3.41. The Morgan fingerprint density at radius 2 is 2.00 bits per heavy atom. The number of urea groups is 1. The first kappa shape index (κ1) is 15.8. The smallest absolute Gasteiger partial charge is 0.319 e. The van der Waals surface area contributed by atoms with Gasteiger partial charge < -0.3 is 15.4 Å². The molecule has 5 nitrogen and oxygen atoms in total. The van der Waals surface area contributed by atoms with Crippen LogP contribution in [0.4, 0.5) is 10.5 Å². The van der Waals surface area contributed by atoms with E-state index >= 15 is 0 Å². The average Bonchev–Trinajstić information content (AvgIpc) is 2.51. The minimum absolute atomic E-state index is 0.107. The Morgan fingerprint density at radius 1 is 1.27 bits per heavy atom. The van der Waals surface area contributed by atoms with Gasteiger partial charge in [0.15, 0.2) is 0 Å². The lowest BCUT2D eigenvalue weighted by Crippen LogP contribution is -2.31. The van der Waals surface area contributed by atoms with E-state index in [-0.39, 0.29) is 12.1 Å². The standard InChI is InChI=1S/C17H21N3O2/c1-4-22-16-11-12(2)5-6-15(16)20-17(21)19-13(3)14-7-9-18-10-8-14/h5-11,13H,4H2,1-3H3,(H2,19,20,21). The summed E-state index contributed by atoms with van der Waals surface area (Å²) in [6.45, 7) is 6.37. The minimum atomic E-state index is -0.269. The maximum Gasteiger partial charge on any atom is 0.319 e. The first-order valence-corrected chi connectivity index (χ1v) is 7.31. The molecule has 0 saturated carbocycles. The molecule has 2 amide bonds. The first-order chi connectivity index (χ1) is 10.6. The van der Waals surface area contributed by atoms with E-state index in [0.29, 0.717) is 18.0 Å². The van der Waals surface area contributed by atoms with Gasteiger partial charge in [0, 0.05) is 12.4 Å². The van der Waals surface area contributed by atoms with Gasteiger partial charge in [0.05, 0.1) is 18.3 Å². The van der Waals surface area contributed by atoms with E-state index in [4.69, 9.17) is 4.74 Å². The van der Waals surface area contributed by atoms with Crippen molar-refractivity contribution in [1.29, 1.82) is 0 Å². The van der Waals surface area contributed by atoms with Gasteiger partial charge in [0.2, 0.25) is 0 Å². The molecule has 1 atom stereocenters. The Kier molecular flexibility index (Phi) is 5.36. The molecule has 0 aliphatic carbocycles. The van der Waals surface area contributed by atoms with E-state index in [1.165, 1.54) is 0 Å². The van der Waals surface area contributed by atoms with Gasteiger partial charge in [0.25, 0.3) is 0 Å². The zero-order chi connectivity index (χ0) is 15.9. The van der Waals surface area contributed by atoms with Crippen LogP contribution < -0.4 is 15.4 Å². The van der Waals surface area contributed by atoms with Crippen LogP contribution in [0.15, 0.2) is 42.7 Å². The summed E-state index contributed by atoms with van der Waals surface area (Å²) in [5.74, 6) is 0.675. The largest absolute Gasteiger partial charge is 0.492 e. The lowest BCUT2D eigenvalue weighted by atomic mass is 10.1. The number of pyridine rings is 1. The molecule has 0 bridgehead atoms. The van der Waals surface area contributed by atoms with Crippen molar-refractivity contribution in [3.8, 4) is 5.75 Å². The van der Waals surface area contributed by atoms with Crippen LogP contribution >= 0.6 is 0 Å². The summed E-state index contributed by atoms with van der Waals surface area (Å²) >= 11 is 0. The maximum atomic E-state index is 12.1. The number of carbonyl (C=O) groups excluding carboxylic acids is 1. The second-order valence-electron chi connectivity index (χ2n) is 5.03. The predicted molar refractivity (Wildman–Crippen MR) is 87.2 cm³/mol. The molecular formula is C17H21N3O2. The number of aryl methyl sites for hydroxylation is 1. The third kappa shape index (κ3) is 4.22. The van der Waals surface area contributed by atoms with Gasteiger partial charge in [-0.2, -0.15) is 0 Å². The number of ether oxygens (including phenoxy) is 1. The molecule has 2 N–H and O–H groups in total. The summed E-state index contributed by atoms with van der Waals surface area (Å²) in [6, 6.07) is 9.07. The van der Waals surface area contributed by atoms with E-state index in [0.717, 1.165) is 11.1 Å². The van der Waals surface area contributed by atoms with Gasteiger partial charge in [-0.1, -0.05) is 6.07 Å². The highest BCUT2D eigenvalue weighted by Crippen LogP contribution is 2.25. The third-order valence-electron chi connectivity index (χ3n) is 3.24. The highest BCUT2D eigenvalue weighted by atomic mass is 16.5. The highest BCUT2D eigenvalue weighted by Gasteiger charge is 2.11. The van der Waals surface area contributed by atoms with Crippen LogP contribution in [0.1, 0.15) is 31.0 Å². The van der Waals surface area contributed by atoms with Crippen molar-refractivity contribution in [3.05, 3.63) is 53.9 Å². The van der Waals surface area contributed by atoms with Crippen molar-refractivity contribution in [2.75, 3.05) is 11.9 Å². The minimum Gasteiger partial charge on any atom is -0.492 e. The van der Waals surface area contributed by atoms with Gasteiger partial charge in [-0.05, 0) is 56.2 Å². The second kappa shape index (κ2) is 7.45. The predicted octanol–water partition coefficient (Wildman–Crippen LogP) is 3.67. The van der Waals surface area contributed by atoms with Crippen LogP contribution in [-0.4, -0.2) is 17.6 Å². The third-order valence-corrected chi connectivity index (χ3v) is 3.24. The topological polar surface area (TPSA) is 63.2 Å². The number of carbonyl (C=O) groups is 1. The van der Waals surface area contributed by atoms with Crippen molar-refractivity contribution < 1.29 is 9.53 Å². The first-order valence-electron chi connectivity index (χ1n) is 7.31. The van der Waals surface area contributed by atoms with Crippen molar-refractivity contribution in [3.63, 3.8) is 0 Å². The number of hydrogen-bond donors (Lipinski definition) is 2. The summed E-state index contributed by atoms with van der Waals surface area (Å²) < 4.78 is 5.56. The lowest BCUT2D eigenvalue weighted by molar-refractivity contribution is 0.249. The number of rotatable bonds is 5. The summed E-state index contributed by atoms with van der Waals surface area (Å²) in [5.41, 5.74) is 2.74. The number of anilines is 1. The number of aromatic nitrogens is 1. The Bertz CT molecular complexity index is 629. The molecule has 0 radical (unpaired) electrons. The zero-order valence-corrected chi connectivity index (χ0v) is 13.1. The molecular weight excluding hydrogens is 278 g/mol. The van der Waals surface area contributed by atoms with Gasteiger partial charge in [-0.15, -0.1) is 0 Å². The number of benzene rings is 1. The van der Waals surface area contributed by atoms with E-state index < -0.39 is 0 Å². The normalized spacial score (nSPS) is 11.6. The fourth-order valence-corrected chi connectivity index (χ4v) is 2.10. The van der Waals surface area contributed by atoms with Gasteiger partial charge in [-0.3, -0.25) is 4.98 Å². The van der Waals surface area contributed by atoms with Crippen LogP contribution in [0.3, 0.4) is 0 Å². The number of amides is 2. The van der Waals surface area contributed by atoms with E-state index in [1.54, 1.807) is 12.4 Å². The van der Waals surface area contributed by atoms with Crippen molar-refractivity contribution >= 4 is 11.7 Å². The summed E-state index contributed by atoms with van der Waals surface area (Å²) in [7, 11) is 0. The summed E-state index contributed by atoms with van der Waals surface area (Å²) in [5, 5.41) is 5.73. The Hall–Kier alpha value is -2.56. The molecule has 0 saturated heterocycles. The number of hydrogen-bond acceptors (Lipinski definition) is 3. The van der Waals surface area contributed by atoms with Crippen molar-refractivity contribution in [1.82, 2.24) is 10.3 Å². The maximum absolute atomic E-state index is 12.1. The molecule has 1 aromatic carbocycles. The molecule has 22 heavy (non-hydrogen) atoms. The molecule has 5 heteroatoms. The monoisotopic (exact) mass is 299 g/mol. The van der Waals surface area contributed by atoms with Crippen LogP contribution in [0, 0.1) is 6.92 Å². The lowest BCUT2D eigenvalue weighted by Gasteiger charge is -2.16. The van der Waals surface area contributed by atoms with Gasteiger partial charge >= 0.3 is 6.03 Å². The molecule has 2 aromatic rings. The van der Waals surface area contributed by atoms with E-state index in [9.17, 15) is 4.79 Å². The fourth-order valence-electron chi connectivity index (χ4n) is 2.10. The quantitative estimate of drug-likeness (QED) is 0.885. The SMILES string of the molecule is CCOc1cc(C)ccc1NC(=O)NC(C)c1ccncc1. The van der Waals surface area contributed by atoms with Crippen LogP contribution in [-0.2, 0) is 0 Å². The molecule has 0 spiro atoms. The average molecular weight is 299 g/mol. The van der Waals surface area contributed by atoms with Crippen LogP contribution in [0.5, 0.6) is 5.75 Å². The van der Waals surface area contributed by atoms with Gasteiger partial charge in [0.1, 0.15) is 5.75 Å². The fraction of sp³-hybridized carbons (Fsp3) is 0.294. The molecule has 1 unspecified atom stereocenters. The zero-order valence-electron chi connectivity index (χ0n) is 13.1. The summed E-state index contributed by atoms with van der Waals surface area (Å²) in [4.78, 5) is 16.1. The number of nitrogens with one attached hydrogen (secondary N) is 2. The van der Waals surface area contributed by atoms with E-state index in [1.807, 2.05) is 51.1 Å². The van der Waals surface area contributed by atoms with Crippen molar-refractivity contribution in [2.45, 2.75) is 26.8 Å². The molecule has 0 fully saturated rings. The molecule has 0 aliphatic rings. The highest BCUT2D eigenvalue weighted by molar-refractivity contribution is 5.91. The van der Waals surface area contributed by atoms with Crippen LogP contribution in [0.2, 0.25) is 0 Å². The second-order valence-corrected chi connectivity index (χ2v) is 5.03.